The minimum atomic E-state index is -1.56. The van der Waals surface area contributed by atoms with Crippen molar-refractivity contribution in [2.75, 3.05) is 14.2 Å². The number of hydrogen-bond acceptors (Lipinski definition) is 13. The Morgan fingerprint density at radius 2 is 1.12 bits per heavy atom. The number of fused-ring (bicyclic) bond motifs is 2. The molecule has 0 fully saturated rings. The fraction of sp³-hybridized carbons (Fsp3) is 0.270. The van der Waals surface area contributed by atoms with E-state index in [0.29, 0.717) is 51.5 Å². The van der Waals surface area contributed by atoms with E-state index in [1.807, 2.05) is 100 Å². The Hall–Kier alpha value is -9.08. The monoisotopic (exact) mass is 1180 g/mol. The average molecular weight is 1190 g/mol. The number of carbonyl (C=O) groups excluding carboxylic acids is 4. The summed E-state index contributed by atoms with van der Waals surface area (Å²) >= 11 is 3.43. The van der Waals surface area contributed by atoms with Gasteiger partial charge >= 0.3 is 19.1 Å². The van der Waals surface area contributed by atoms with Gasteiger partial charge in [-0.05, 0) is 94.9 Å². The number of para-hydroxylation sites is 3. The zero-order chi connectivity index (χ0) is 59.5. The molecular weight excluding hydrogens is 1120 g/mol. The lowest BCUT2D eigenvalue weighted by Crippen LogP contribution is -2.40. The van der Waals surface area contributed by atoms with Crippen molar-refractivity contribution in [1.29, 1.82) is 5.26 Å². The van der Waals surface area contributed by atoms with Crippen LogP contribution in [0.15, 0.2) is 172 Å². The van der Waals surface area contributed by atoms with Crippen LogP contribution in [0.1, 0.15) is 102 Å². The molecule has 83 heavy (non-hydrogen) atoms. The van der Waals surface area contributed by atoms with Crippen LogP contribution in [0, 0.1) is 29.7 Å². The van der Waals surface area contributed by atoms with Crippen molar-refractivity contribution >= 4 is 79.8 Å². The third-order valence-corrected chi connectivity index (χ3v) is 13.6. The molecule has 0 aliphatic rings. The topological polar surface area (TPSA) is 249 Å². The standard InChI is InChI=1S/C31H30N4O4.C24H26BrN3O4.C7H6BNO2.CH4/c1-20(2)16-28(35-19-33-26-15-8-6-13-24(26)31(35)38)30(37)34-27(18-29(36)39-4)22-11-9-10-21(17-22)23-12-5-7-14-25(23)32-3;1-15(2)11-21(28-14-26-19-10-5-4-9-18(19)24(28)31)23(30)27-20(13-22(29)32-3)16-7-6-8-17(25)12-16;9-5-6-3-1-2-4-7(6)8(10)11;/h5-15,17,19-20,27-28H,16,18H2,1-2,4H3,(H,34,37);4-10,12,14-15,20-21H,11,13H2,1-3H3,(H,27,30);1-4,10-11H;1H4/t27-,28-;20-,21-;;/m00../s1. The van der Waals surface area contributed by atoms with E-state index in [1.165, 1.54) is 48.1 Å². The predicted octanol–water partition coefficient (Wildman–Crippen LogP) is 9.66. The van der Waals surface area contributed by atoms with Gasteiger partial charge in [-0.3, -0.25) is 37.9 Å². The van der Waals surface area contributed by atoms with Gasteiger partial charge < -0.3 is 30.2 Å². The average Bonchev–Trinajstić information content (AvgIpc) is 3.54. The Balaban J connectivity index is 0.000000257. The molecule has 0 bridgehead atoms. The van der Waals surface area contributed by atoms with Crippen LogP contribution < -0.4 is 27.2 Å². The second kappa shape index (κ2) is 31.2. The van der Waals surface area contributed by atoms with Crippen molar-refractivity contribution < 1.29 is 38.7 Å². The summed E-state index contributed by atoms with van der Waals surface area (Å²) in [6, 6.07) is 41.4. The van der Waals surface area contributed by atoms with Crippen molar-refractivity contribution in [3.63, 3.8) is 0 Å². The highest BCUT2D eigenvalue weighted by Gasteiger charge is 2.30. The number of nitriles is 1. The van der Waals surface area contributed by atoms with Gasteiger partial charge in [0.15, 0.2) is 5.69 Å². The van der Waals surface area contributed by atoms with Crippen LogP contribution >= 0.6 is 15.9 Å². The molecule has 4 atom stereocenters. The van der Waals surface area contributed by atoms with Crippen molar-refractivity contribution in [3.8, 4) is 17.2 Å². The van der Waals surface area contributed by atoms with E-state index in [9.17, 15) is 28.8 Å². The van der Waals surface area contributed by atoms with Gasteiger partial charge in [0.2, 0.25) is 11.8 Å². The fourth-order valence-corrected chi connectivity index (χ4v) is 9.44. The predicted molar refractivity (Wildman–Crippen MR) is 324 cm³/mol. The zero-order valence-electron chi connectivity index (χ0n) is 46.1. The summed E-state index contributed by atoms with van der Waals surface area (Å²) in [5.41, 5.74) is 4.58. The molecule has 0 aliphatic carbocycles. The molecule has 2 amide bonds. The number of rotatable bonds is 18. The van der Waals surface area contributed by atoms with E-state index in [4.69, 9.17) is 31.4 Å². The summed E-state index contributed by atoms with van der Waals surface area (Å²) in [7, 11) is 1.04. The summed E-state index contributed by atoms with van der Waals surface area (Å²) in [5.74, 6) is -1.44. The first-order chi connectivity index (χ1) is 39.4. The number of esters is 2. The minimum Gasteiger partial charge on any atom is -0.469 e. The Labute approximate surface area is 490 Å². The van der Waals surface area contributed by atoms with Crippen LogP contribution in [0.4, 0.5) is 5.69 Å². The second-order valence-electron chi connectivity index (χ2n) is 19.8. The van der Waals surface area contributed by atoms with E-state index < -0.39 is 49.1 Å². The van der Waals surface area contributed by atoms with Crippen LogP contribution in [-0.4, -0.2) is 74.2 Å². The lowest BCUT2D eigenvalue weighted by Gasteiger charge is -2.25. The molecule has 0 saturated carbocycles. The Bertz CT molecular complexity index is 3760. The molecule has 18 nitrogen and oxygen atoms in total. The molecule has 8 aromatic rings. The molecule has 428 valence electrons. The van der Waals surface area contributed by atoms with Crippen LogP contribution in [0.3, 0.4) is 0 Å². The van der Waals surface area contributed by atoms with Crippen LogP contribution in [-0.2, 0) is 28.7 Å². The Morgan fingerprint density at radius 3 is 1.58 bits per heavy atom. The summed E-state index contributed by atoms with van der Waals surface area (Å²) in [6.07, 6.45) is 3.54. The molecule has 4 N–H and O–H groups in total. The van der Waals surface area contributed by atoms with Crippen LogP contribution in [0.25, 0.3) is 37.8 Å². The van der Waals surface area contributed by atoms with Gasteiger partial charge in [0.05, 0.1) is 91.8 Å². The van der Waals surface area contributed by atoms with E-state index >= 15 is 0 Å². The number of ether oxygens (including phenoxy) is 2. The highest BCUT2D eigenvalue weighted by Crippen LogP contribution is 2.33. The third-order valence-electron chi connectivity index (χ3n) is 13.1. The summed E-state index contributed by atoms with van der Waals surface area (Å²) in [5, 5.41) is 32.8. The highest BCUT2D eigenvalue weighted by atomic mass is 79.9. The summed E-state index contributed by atoms with van der Waals surface area (Å²) in [4.78, 5) is 90.5. The van der Waals surface area contributed by atoms with Gasteiger partial charge in [0, 0.05) is 4.47 Å². The number of hydrogen-bond donors (Lipinski definition) is 4. The number of nitrogens with zero attached hydrogens (tertiary/aromatic N) is 6. The van der Waals surface area contributed by atoms with Gasteiger partial charge in [0.25, 0.3) is 11.1 Å². The minimum absolute atomic E-state index is 0. The fourth-order valence-electron chi connectivity index (χ4n) is 9.02. The number of carbonyl (C=O) groups is 4. The molecule has 6 aromatic carbocycles. The molecule has 8 rings (SSSR count). The number of benzene rings is 6. The molecule has 2 aromatic heterocycles. The third kappa shape index (κ3) is 17.5. The molecule has 2 heterocycles. The van der Waals surface area contributed by atoms with E-state index in [1.54, 1.807) is 66.7 Å². The lowest BCUT2D eigenvalue weighted by molar-refractivity contribution is -0.142. The Kier molecular flexibility index (Phi) is 24.4. The van der Waals surface area contributed by atoms with Crippen LogP contribution in [0.5, 0.6) is 0 Å². The van der Waals surface area contributed by atoms with Gasteiger partial charge in [-0.25, -0.2) is 14.8 Å². The van der Waals surface area contributed by atoms with Gasteiger partial charge in [-0.15, -0.1) is 0 Å². The SMILES string of the molecule is C.COC(=O)C[C@H](NC(=O)[C@H](CC(C)C)n1cnc2ccccc2c1=O)c1cccc(Br)c1.N#Cc1ccccc1B(O)O.[C-]#[N+]c1ccccc1-c1cccc([C@H](CC(=O)OC)NC(=O)[C@H](CC(C)C)n2cnc3ccccc3c2=O)c1. The van der Waals surface area contributed by atoms with Crippen LogP contribution in [0.2, 0.25) is 0 Å². The number of methoxy groups -OCH3 is 2. The highest BCUT2D eigenvalue weighted by molar-refractivity contribution is 9.10. The van der Waals surface area contributed by atoms with E-state index in [0.717, 1.165) is 21.2 Å². The van der Waals surface area contributed by atoms with Crippen molar-refractivity contribution in [2.24, 2.45) is 11.8 Å². The zero-order valence-corrected chi connectivity index (χ0v) is 47.7. The summed E-state index contributed by atoms with van der Waals surface area (Å²) in [6.45, 7) is 15.4. The molecule has 20 heteroatoms. The van der Waals surface area contributed by atoms with Crippen molar-refractivity contribution in [3.05, 3.63) is 212 Å². The molecule has 0 spiro atoms. The maximum Gasteiger partial charge on any atom is 0.489 e. The maximum absolute atomic E-state index is 13.8. The quantitative estimate of drug-likeness (QED) is 0.0355. The van der Waals surface area contributed by atoms with Crippen molar-refractivity contribution in [1.82, 2.24) is 29.7 Å². The number of aromatic nitrogens is 4. The van der Waals surface area contributed by atoms with Crippen molar-refractivity contribution in [2.45, 2.75) is 85.0 Å². The van der Waals surface area contributed by atoms with Gasteiger partial charge in [-0.1, -0.05) is 154 Å². The first-order valence-electron chi connectivity index (χ1n) is 26.2. The maximum atomic E-state index is 13.8. The normalized spacial score (nSPS) is 12.1. The Morgan fingerprint density at radius 1 is 0.663 bits per heavy atom. The van der Waals surface area contributed by atoms with E-state index in [2.05, 4.69) is 41.4 Å². The first kappa shape index (κ1) is 64.7. The molecule has 0 radical (unpaired) electrons. The number of amides is 2. The van der Waals surface area contributed by atoms with Gasteiger partial charge in [0.1, 0.15) is 12.1 Å². The number of nitrogens with one attached hydrogen (secondary N) is 2. The lowest BCUT2D eigenvalue weighted by atomic mass is 9.77. The number of halogens is 1. The molecule has 0 unspecified atom stereocenters. The molecule has 0 aliphatic heterocycles. The first-order valence-corrected chi connectivity index (χ1v) is 27.0. The second-order valence-corrected chi connectivity index (χ2v) is 20.7. The van der Waals surface area contributed by atoms with E-state index in [-0.39, 0.29) is 54.6 Å². The largest absolute Gasteiger partial charge is 0.489 e. The van der Waals surface area contributed by atoms with Gasteiger partial charge in [-0.2, -0.15) is 5.26 Å². The summed E-state index contributed by atoms with van der Waals surface area (Å²) < 4.78 is 13.3. The molecular formula is C63H66BBrN8O10. The molecule has 0 saturated heterocycles. The smallest absolute Gasteiger partial charge is 0.469 e.